The van der Waals surface area contributed by atoms with Gasteiger partial charge in [0, 0.05) is 17.8 Å². The van der Waals surface area contributed by atoms with Gasteiger partial charge in [0.1, 0.15) is 5.60 Å². The average Bonchev–Trinajstić information content (AvgIpc) is 3.00. The summed E-state index contributed by atoms with van der Waals surface area (Å²) < 4.78 is 5.73. The number of carbonyl (C=O) groups is 1. The zero-order valence-electron chi connectivity index (χ0n) is 8.19. The quantitative estimate of drug-likeness (QED) is 0.685. The van der Waals surface area contributed by atoms with Crippen molar-refractivity contribution < 1.29 is 9.53 Å². The van der Waals surface area contributed by atoms with Gasteiger partial charge in [-0.25, -0.2) is 4.98 Å². The van der Waals surface area contributed by atoms with Gasteiger partial charge in [-0.3, -0.25) is 4.79 Å². The molecule has 1 fully saturated rings. The number of aldehydes is 1. The Morgan fingerprint density at radius 1 is 1.57 bits per heavy atom. The van der Waals surface area contributed by atoms with Crippen LogP contribution in [0.15, 0.2) is 18.3 Å². The summed E-state index contributed by atoms with van der Waals surface area (Å²) in [5, 5.41) is 0. The number of nitrogens with zero attached hydrogens (tertiary/aromatic N) is 1. The predicted octanol–water partition coefficient (Wildman–Crippen LogP) is 2.22. The van der Waals surface area contributed by atoms with Crippen LogP contribution in [0.2, 0.25) is 0 Å². The SMILES string of the molecule is CCC1(Oc2ccc(C=O)cn2)CC1. The lowest BCUT2D eigenvalue weighted by Gasteiger charge is -2.14. The largest absolute Gasteiger partial charge is 0.471 e. The van der Waals surface area contributed by atoms with Gasteiger partial charge >= 0.3 is 0 Å². The molecule has 1 heterocycles. The van der Waals surface area contributed by atoms with E-state index in [0.717, 1.165) is 25.5 Å². The molecule has 0 radical (unpaired) electrons. The van der Waals surface area contributed by atoms with Gasteiger partial charge in [0.2, 0.25) is 5.88 Å². The first-order valence-electron chi connectivity index (χ1n) is 4.88. The molecule has 3 nitrogen and oxygen atoms in total. The Balaban J connectivity index is 2.06. The molecule has 0 N–H and O–H groups in total. The molecule has 0 spiro atoms. The maximum Gasteiger partial charge on any atom is 0.213 e. The number of hydrogen-bond acceptors (Lipinski definition) is 3. The third-order valence-electron chi connectivity index (χ3n) is 2.67. The molecule has 0 bridgehead atoms. The molecule has 1 aliphatic rings. The Morgan fingerprint density at radius 3 is 2.79 bits per heavy atom. The fourth-order valence-electron chi connectivity index (χ4n) is 1.41. The monoisotopic (exact) mass is 191 g/mol. The van der Waals surface area contributed by atoms with Crippen molar-refractivity contribution in [3.63, 3.8) is 0 Å². The molecule has 0 aromatic carbocycles. The summed E-state index contributed by atoms with van der Waals surface area (Å²) >= 11 is 0. The Bertz CT molecular complexity index is 328. The number of hydrogen-bond donors (Lipinski definition) is 0. The van der Waals surface area contributed by atoms with Gasteiger partial charge in [-0.15, -0.1) is 0 Å². The van der Waals surface area contributed by atoms with E-state index >= 15 is 0 Å². The van der Waals surface area contributed by atoms with Crippen LogP contribution in [0.1, 0.15) is 36.5 Å². The van der Waals surface area contributed by atoms with Crippen LogP contribution in [0.3, 0.4) is 0 Å². The van der Waals surface area contributed by atoms with Gasteiger partial charge in [0.25, 0.3) is 0 Å². The second-order valence-corrected chi connectivity index (χ2v) is 3.69. The van der Waals surface area contributed by atoms with E-state index in [0.29, 0.717) is 11.4 Å². The number of pyridine rings is 1. The number of aromatic nitrogens is 1. The van der Waals surface area contributed by atoms with Crippen molar-refractivity contribution in [3.8, 4) is 5.88 Å². The lowest BCUT2D eigenvalue weighted by molar-refractivity contribution is 0.112. The van der Waals surface area contributed by atoms with Crippen molar-refractivity contribution >= 4 is 6.29 Å². The van der Waals surface area contributed by atoms with Crippen LogP contribution in [-0.2, 0) is 0 Å². The average molecular weight is 191 g/mol. The Hall–Kier alpha value is -1.38. The van der Waals surface area contributed by atoms with E-state index in [4.69, 9.17) is 4.74 Å². The number of ether oxygens (including phenoxy) is 1. The van der Waals surface area contributed by atoms with Gasteiger partial charge in [-0.05, 0) is 25.3 Å². The van der Waals surface area contributed by atoms with Crippen molar-refractivity contribution in [2.24, 2.45) is 0 Å². The fourth-order valence-corrected chi connectivity index (χ4v) is 1.41. The maximum absolute atomic E-state index is 10.4. The minimum atomic E-state index is 0.0374. The molecule has 1 saturated carbocycles. The maximum atomic E-state index is 10.4. The number of carbonyl (C=O) groups excluding carboxylic acids is 1. The van der Waals surface area contributed by atoms with Crippen LogP contribution in [0.5, 0.6) is 5.88 Å². The van der Waals surface area contributed by atoms with Crippen molar-refractivity contribution in [2.75, 3.05) is 0 Å². The summed E-state index contributed by atoms with van der Waals surface area (Å²) in [6, 6.07) is 3.47. The predicted molar refractivity (Wildman–Crippen MR) is 52.5 cm³/mol. The first-order chi connectivity index (χ1) is 6.78. The molecule has 3 heteroatoms. The van der Waals surface area contributed by atoms with Crippen LogP contribution >= 0.6 is 0 Å². The normalized spacial score (nSPS) is 17.5. The van der Waals surface area contributed by atoms with Crippen LogP contribution in [0.25, 0.3) is 0 Å². The molecule has 1 aliphatic carbocycles. The third kappa shape index (κ3) is 1.76. The Morgan fingerprint density at radius 2 is 2.36 bits per heavy atom. The highest BCUT2D eigenvalue weighted by molar-refractivity contribution is 5.73. The molecular weight excluding hydrogens is 178 g/mol. The zero-order valence-corrected chi connectivity index (χ0v) is 8.19. The van der Waals surface area contributed by atoms with E-state index in [2.05, 4.69) is 11.9 Å². The highest BCUT2D eigenvalue weighted by atomic mass is 16.5. The zero-order chi connectivity index (χ0) is 10.0. The minimum absolute atomic E-state index is 0.0374. The van der Waals surface area contributed by atoms with Crippen LogP contribution < -0.4 is 4.74 Å². The summed E-state index contributed by atoms with van der Waals surface area (Å²) in [7, 11) is 0. The van der Waals surface area contributed by atoms with Crippen molar-refractivity contribution in [1.82, 2.24) is 4.98 Å². The van der Waals surface area contributed by atoms with E-state index < -0.39 is 0 Å². The van der Waals surface area contributed by atoms with Gasteiger partial charge in [0.05, 0.1) is 0 Å². The standard InChI is InChI=1S/C11H13NO2/c1-2-11(5-6-11)14-10-4-3-9(8-13)7-12-10/h3-4,7-8H,2,5-6H2,1H3. The van der Waals surface area contributed by atoms with E-state index in [1.165, 1.54) is 6.20 Å². The molecule has 1 aromatic rings. The third-order valence-corrected chi connectivity index (χ3v) is 2.67. The van der Waals surface area contributed by atoms with Crippen LogP contribution in [0, 0.1) is 0 Å². The van der Waals surface area contributed by atoms with E-state index in [9.17, 15) is 4.79 Å². The van der Waals surface area contributed by atoms with Gasteiger partial charge in [0.15, 0.2) is 6.29 Å². The molecule has 0 aliphatic heterocycles. The molecule has 0 atom stereocenters. The first kappa shape index (κ1) is 9.19. The van der Waals surface area contributed by atoms with E-state index in [-0.39, 0.29) is 5.60 Å². The second kappa shape index (κ2) is 3.40. The van der Waals surface area contributed by atoms with E-state index in [1.54, 1.807) is 12.1 Å². The second-order valence-electron chi connectivity index (χ2n) is 3.69. The summed E-state index contributed by atoms with van der Waals surface area (Å²) in [6.07, 6.45) is 5.56. The van der Waals surface area contributed by atoms with Gasteiger partial charge in [-0.2, -0.15) is 0 Å². The van der Waals surface area contributed by atoms with Crippen molar-refractivity contribution in [2.45, 2.75) is 31.8 Å². The highest BCUT2D eigenvalue weighted by Crippen LogP contribution is 2.42. The molecule has 0 saturated heterocycles. The summed E-state index contributed by atoms with van der Waals surface area (Å²) in [6.45, 7) is 2.12. The number of rotatable bonds is 4. The molecule has 1 aromatic heterocycles. The Labute approximate surface area is 83.1 Å². The lowest BCUT2D eigenvalue weighted by atomic mass is 10.2. The summed E-state index contributed by atoms with van der Waals surface area (Å²) in [5.74, 6) is 0.620. The molecule has 74 valence electrons. The lowest BCUT2D eigenvalue weighted by Crippen LogP contribution is -2.16. The van der Waals surface area contributed by atoms with Gasteiger partial charge < -0.3 is 4.74 Å². The molecule has 0 unspecified atom stereocenters. The first-order valence-corrected chi connectivity index (χ1v) is 4.88. The topological polar surface area (TPSA) is 39.2 Å². The smallest absolute Gasteiger partial charge is 0.213 e. The van der Waals surface area contributed by atoms with Crippen LogP contribution in [-0.4, -0.2) is 16.9 Å². The van der Waals surface area contributed by atoms with Crippen LogP contribution in [0.4, 0.5) is 0 Å². The van der Waals surface area contributed by atoms with Crippen molar-refractivity contribution in [3.05, 3.63) is 23.9 Å². The Kier molecular flexibility index (Phi) is 2.23. The molecule has 2 rings (SSSR count). The molecular formula is C11H13NO2. The van der Waals surface area contributed by atoms with E-state index in [1.807, 2.05) is 0 Å². The summed E-state index contributed by atoms with van der Waals surface area (Å²) in [5.41, 5.74) is 0.620. The molecule has 0 amide bonds. The van der Waals surface area contributed by atoms with Crippen molar-refractivity contribution in [1.29, 1.82) is 0 Å². The fraction of sp³-hybridized carbons (Fsp3) is 0.455. The summed E-state index contributed by atoms with van der Waals surface area (Å²) in [4.78, 5) is 14.5. The molecule has 14 heavy (non-hydrogen) atoms. The van der Waals surface area contributed by atoms with Gasteiger partial charge in [-0.1, -0.05) is 6.92 Å². The highest BCUT2D eigenvalue weighted by Gasteiger charge is 2.43. The minimum Gasteiger partial charge on any atom is -0.471 e.